The standard InChI is InChI=1S/C15H21Cl2N/c1-14(2)13(15(14,3)4)9-18-8-10-5-6-11(16)7-12(10)17/h5-7,13,18H,8-9H2,1-4H3. The Morgan fingerprint density at radius 3 is 2.22 bits per heavy atom. The molecule has 100 valence electrons. The van der Waals surface area contributed by atoms with E-state index in [0.717, 1.165) is 29.6 Å². The molecule has 1 aromatic rings. The van der Waals surface area contributed by atoms with Crippen molar-refractivity contribution in [2.75, 3.05) is 6.54 Å². The van der Waals surface area contributed by atoms with Crippen LogP contribution in [0.25, 0.3) is 0 Å². The minimum atomic E-state index is 0.434. The van der Waals surface area contributed by atoms with Crippen LogP contribution in [0.4, 0.5) is 0 Å². The number of benzene rings is 1. The molecule has 1 aliphatic carbocycles. The molecule has 2 rings (SSSR count). The number of hydrogen-bond acceptors (Lipinski definition) is 1. The van der Waals surface area contributed by atoms with Crippen molar-refractivity contribution in [3.05, 3.63) is 33.8 Å². The third kappa shape index (κ3) is 2.41. The quantitative estimate of drug-likeness (QED) is 0.841. The smallest absolute Gasteiger partial charge is 0.0465 e. The summed E-state index contributed by atoms with van der Waals surface area (Å²) in [5.74, 6) is 0.732. The van der Waals surface area contributed by atoms with Crippen LogP contribution in [0.3, 0.4) is 0 Å². The fraction of sp³-hybridized carbons (Fsp3) is 0.600. The summed E-state index contributed by atoms with van der Waals surface area (Å²) in [5, 5.41) is 4.94. The van der Waals surface area contributed by atoms with Crippen LogP contribution in [0, 0.1) is 16.7 Å². The summed E-state index contributed by atoms with van der Waals surface area (Å²) in [6.07, 6.45) is 0. The molecule has 1 aliphatic rings. The average molecular weight is 286 g/mol. The van der Waals surface area contributed by atoms with Crippen molar-refractivity contribution >= 4 is 23.2 Å². The molecule has 0 bridgehead atoms. The lowest BCUT2D eigenvalue weighted by Gasteiger charge is -2.08. The number of nitrogens with one attached hydrogen (secondary N) is 1. The molecule has 0 aliphatic heterocycles. The maximum absolute atomic E-state index is 6.15. The van der Waals surface area contributed by atoms with Gasteiger partial charge in [-0.1, -0.05) is 57.0 Å². The van der Waals surface area contributed by atoms with E-state index in [1.165, 1.54) is 0 Å². The normalized spacial score (nSPS) is 21.0. The van der Waals surface area contributed by atoms with Crippen molar-refractivity contribution < 1.29 is 0 Å². The van der Waals surface area contributed by atoms with E-state index < -0.39 is 0 Å². The molecule has 1 N–H and O–H groups in total. The van der Waals surface area contributed by atoms with Gasteiger partial charge in [0, 0.05) is 16.6 Å². The van der Waals surface area contributed by atoms with Gasteiger partial charge in [0.2, 0.25) is 0 Å². The van der Waals surface area contributed by atoms with Crippen LogP contribution in [-0.4, -0.2) is 6.54 Å². The zero-order chi connectivity index (χ0) is 13.6. The highest BCUT2D eigenvalue weighted by atomic mass is 35.5. The first-order chi connectivity index (χ1) is 8.26. The lowest BCUT2D eigenvalue weighted by atomic mass is 10.0. The maximum Gasteiger partial charge on any atom is 0.0465 e. The molecule has 0 spiro atoms. The average Bonchev–Trinajstić information content (AvgIpc) is 2.63. The monoisotopic (exact) mass is 285 g/mol. The second-order valence-corrected chi connectivity index (χ2v) is 7.21. The van der Waals surface area contributed by atoms with E-state index in [-0.39, 0.29) is 0 Å². The van der Waals surface area contributed by atoms with Crippen LogP contribution >= 0.6 is 23.2 Å². The summed E-state index contributed by atoms with van der Waals surface area (Å²) in [6, 6.07) is 5.67. The van der Waals surface area contributed by atoms with Gasteiger partial charge in [-0.25, -0.2) is 0 Å². The molecule has 0 radical (unpaired) electrons. The Balaban J connectivity index is 1.87. The van der Waals surface area contributed by atoms with Gasteiger partial charge in [0.05, 0.1) is 0 Å². The predicted octanol–water partition coefficient (Wildman–Crippen LogP) is 4.77. The summed E-state index contributed by atoms with van der Waals surface area (Å²) < 4.78 is 0. The summed E-state index contributed by atoms with van der Waals surface area (Å²) in [7, 11) is 0. The highest BCUT2D eigenvalue weighted by molar-refractivity contribution is 6.35. The Morgan fingerprint density at radius 2 is 1.72 bits per heavy atom. The Kier molecular flexibility index (Phi) is 3.70. The molecule has 3 heteroatoms. The molecular formula is C15H21Cl2N. The SMILES string of the molecule is CC1(C)C(CNCc2ccc(Cl)cc2Cl)C1(C)C. The predicted molar refractivity (Wildman–Crippen MR) is 79.2 cm³/mol. The second kappa shape index (κ2) is 4.70. The second-order valence-electron chi connectivity index (χ2n) is 6.36. The van der Waals surface area contributed by atoms with Gasteiger partial charge in [-0.15, -0.1) is 0 Å². The molecule has 0 amide bonds. The third-order valence-corrected chi connectivity index (χ3v) is 5.59. The minimum Gasteiger partial charge on any atom is -0.312 e. The first-order valence-corrected chi connectivity index (χ1v) is 7.17. The Morgan fingerprint density at radius 1 is 1.11 bits per heavy atom. The Hall–Kier alpha value is -0.240. The first kappa shape index (κ1) is 14.2. The molecule has 0 unspecified atom stereocenters. The zero-order valence-electron chi connectivity index (χ0n) is 11.5. The van der Waals surface area contributed by atoms with E-state index in [0.29, 0.717) is 15.9 Å². The largest absolute Gasteiger partial charge is 0.312 e. The minimum absolute atomic E-state index is 0.434. The molecule has 0 saturated heterocycles. The molecular weight excluding hydrogens is 265 g/mol. The summed E-state index contributed by atoms with van der Waals surface area (Å²) in [4.78, 5) is 0. The third-order valence-electron chi connectivity index (χ3n) is 5.00. The van der Waals surface area contributed by atoms with Gasteiger partial charge in [0.15, 0.2) is 0 Å². The van der Waals surface area contributed by atoms with Crippen LogP contribution in [-0.2, 0) is 6.54 Å². The van der Waals surface area contributed by atoms with E-state index in [2.05, 4.69) is 33.0 Å². The molecule has 0 heterocycles. The Labute approximate surface area is 120 Å². The van der Waals surface area contributed by atoms with Gasteiger partial charge in [-0.05, 0) is 41.0 Å². The lowest BCUT2D eigenvalue weighted by molar-refractivity contribution is 0.457. The Bertz CT molecular complexity index is 438. The van der Waals surface area contributed by atoms with Gasteiger partial charge in [-0.2, -0.15) is 0 Å². The summed E-state index contributed by atoms with van der Waals surface area (Å²) in [6.45, 7) is 11.2. The van der Waals surface area contributed by atoms with Crippen LogP contribution in [0.2, 0.25) is 10.0 Å². The molecule has 0 atom stereocenters. The summed E-state index contributed by atoms with van der Waals surface area (Å²) in [5.41, 5.74) is 1.98. The van der Waals surface area contributed by atoms with Gasteiger partial charge in [-0.3, -0.25) is 0 Å². The lowest BCUT2D eigenvalue weighted by Crippen LogP contribution is -2.19. The van der Waals surface area contributed by atoms with Gasteiger partial charge >= 0.3 is 0 Å². The van der Waals surface area contributed by atoms with Gasteiger partial charge < -0.3 is 5.32 Å². The van der Waals surface area contributed by atoms with Crippen molar-refractivity contribution in [1.29, 1.82) is 0 Å². The van der Waals surface area contributed by atoms with Crippen LogP contribution in [0.1, 0.15) is 33.3 Å². The van der Waals surface area contributed by atoms with Crippen molar-refractivity contribution in [2.24, 2.45) is 16.7 Å². The van der Waals surface area contributed by atoms with E-state index in [1.54, 1.807) is 6.07 Å². The topological polar surface area (TPSA) is 12.0 Å². The van der Waals surface area contributed by atoms with E-state index in [1.807, 2.05) is 12.1 Å². The van der Waals surface area contributed by atoms with Crippen molar-refractivity contribution in [2.45, 2.75) is 34.2 Å². The number of rotatable bonds is 4. The number of hydrogen-bond donors (Lipinski definition) is 1. The fourth-order valence-electron chi connectivity index (χ4n) is 2.86. The van der Waals surface area contributed by atoms with Gasteiger partial charge in [0.25, 0.3) is 0 Å². The van der Waals surface area contributed by atoms with E-state index in [9.17, 15) is 0 Å². The molecule has 1 fully saturated rings. The van der Waals surface area contributed by atoms with E-state index in [4.69, 9.17) is 23.2 Å². The highest BCUT2D eigenvalue weighted by Gasteiger charge is 2.63. The van der Waals surface area contributed by atoms with Crippen molar-refractivity contribution in [1.82, 2.24) is 5.32 Å². The van der Waals surface area contributed by atoms with Crippen LogP contribution in [0.15, 0.2) is 18.2 Å². The maximum atomic E-state index is 6.15. The zero-order valence-corrected chi connectivity index (χ0v) is 13.0. The van der Waals surface area contributed by atoms with Gasteiger partial charge in [0.1, 0.15) is 0 Å². The number of halogens is 2. The molecule has 18 heavy (non-hydrogen) atoms. The van der Waals surface area contributed by atoms with Crippen molar-refractivity contribution in [3.8, 4) is 0 Å². The van der Waals surface area contributed by atoms with Crippen LogP contribution < -0.4 is 5.32 Å². The van der Waals surface area contributed by atoms with Crippen molar-refractivity contribution in [3.63, 3.8) is 0 Å². The van der Waals surface area contributed by atoms with E-state index >= 15 is 0 Å². The highest BCUT2D eigenvalue weighted by Crippen LogP contribution is 2.67. The molecule has 1 nitrogen and oxygen atoms in total. The fourth-order valence-corrected chi connectivity index (χ4v) is 3.34. The summed E-state index contributed by atoms with van der Waals surface area (Å²) >= 11 is 12.0. The molecule has 0 aromatic heterocycles. The first-order valence-electron chi connectivity index (χ1n) is 6.41. The van der Waals surface area contributed by atoms with Crippen LogP contribution in [0.5, 0.6) is 0 Å². The molecule has 1 aromatic carbocycles. The molecule has 1 saturated carbocycles.